The van der Waals surface area contributed by atoms with Gasteiger partial charge in [-0.05, 0) is 6.92 Å². The van der Waals surface area contributed by atoms with Gasteiger partial charge in [0.2, 0.25) is 5.13 Å². The fourth-order valence-corrected chi connectivity index (χ4v) is 1.98. The zero-order valence-corrected chi connectivity index (χ0v) is 10.5. The Morgan fingerprint density at radius 2 is 2.47 bits per heavy atom. The molecule has 0 radical (unpaired) electrons. The van der Waals surface area contributed by atoms with Gasteiger partial charge in [0.25, 0.3) is 0 Å². The predicted molar refractivity (Wildman–Crippen MR) is 63.9 cm³/mol. The smallest absolute Gasteiger partial charge is 0.203 e. The number of nitrogens with zero attached hydrogens (tertiary/aromatic N) is 4. The molecule has 92 valence electrons. The Hall–Kier alpha value is -1.54. The average molecular weight is 254 g/mol. The molecule has 2 aromatic rings. The number of H-pyrrole nitrogens is 1. The highest BCUT2D eigenvalue weighted by Crippen LogP contribution is 2.17. The van der Waals surface area contributed by atoms with E-state index < -0.39 is 0 Å². The summed E-state index contributed by atoms with van der Waals surface area (Å²) in [6.07, 6.45) is 2.21. The first-order chi connectivity index (χ1) is 8.29. The average Bonchev–Trinajstić information content (AvgIpc) is 2.97. The monoisotopic (exact) mass is 254 g/mol. The molecule has 0 spiro atoms. The molecule has 0 saturated carbocycles. The standard InChI is InChI=1S/C9H14N6OS/c1-6(8-10-5-11-14-8)12-9-13-7(15-17-9)3-4-16-2/h5-6H,3-4H2,1-2H3,(H,10,11,14)(H,12,13,15). The highest BCUT2D eigenvalue weighted by atomic mass is 32.1. The Morgan fingerprint density at radius 1 is 1.59 bits per heavy atom. The first-order valence-corrected chi connectivity index (χ1v) is 6.00. The first-order valence-electron chi connectivity index (χ1n) is 5.23. The number of anilines is 1. The number of aromatic nitrogens is 5. The summed E-state index contributed by atoms with van der Waals surface area (Å²) in [4.78, 5) is 8.43. The summed E-state index contributed by atoms with van der Waals surface area (Å²) in [5.74, 6) is 1.57. The minimum Gasteiger partial charge on any atom is -0.384 e. The molecule has 0 bridgehead atoms. The van der Waals surface area contributed by atoms with Gasteiger partial charge in [-0.25, -0.2) is 9.97 Å². The lowest BCUT2D eigenvalue weighted by atomic mass is 10.3. The zero-order chi connectivity index (χ0) is 12.1. The highest BCUT2D eigenvalue weighted by molar-refractivity contribution is 7.09. The molecule has 1 unspecified atom stereocenters. The van der Waals surface area contributed by atoms with E-state index in [-0.39, 0.29) is 6.04 Å². The lowest BCUT2D eigenvalue weighted by Crippen LogP contribution is -2.08. The van der Waals surface area contributed by atoms with Crippen molar-refractivity contribution in [3.63, 3.8) is 0 Å². The van der Waals surface area contributed by atoms with E-state index in [0.29, 0.717) is 6.61 Å². The molecule has 0 aliphatic carbocycles. The predicted octanol–water partition coefficient (Wildman–Crippen LogP) is 1.02. The lowest BCUT2D eigenvalue weighted by Gasteiger charge is -2.07. The summed E-state index contributed by atoms with van der Waals surface area (Å²) in [7, 11) is 1.66. The highest BCUT2D eigenvalue weighted by Gasteiger charge is 2.11. The topological polar surface area (TPSA) is 88.6 Å². The van der Waals surface area contributed by atoms with Gasteiger partial charge in [0.05, 0.1) is 12.6 Å². The Morgan fingerprint density at radius 3 is 3.18 bits per heavy atom. The number of methoxy groups -OCH3 is 1. The number of hydrogen-bond donors (Lipinski definition) is 2. The molecule has 0 aliphatic rings. The van der Waals surface area contributed by atoms with Gasteiger partial charge in [-0.2, -0.15) is 9.47 Å². The summed E-state index contributed by atoms with van der Waals surface area (Å²) in [6.45, 7) is 2.62. The van der Waals surface area contributed by atoms with Crippen LogP contribution in [0.3, 0.4) is 0 Å². The SMILES string of the molecule is COCCc1nsc(NC(C)c2ncn[nH]2)n1. The molecule has 2 rings (SSSR count). The third-order valence-corrected chi connectivity index (χ3v) is 2.87. The second kappa shape index (κ2) is 5.69. The number of nitrogens with one attached hydrogen (secondary N) is 2. The lowest BCUT2D eigenvalue weighted by molar-refractivity contribution is 0.201. The summed E-state index contributed by atoms with van der Waals surface area (Å²) in [5.41, 5.74) is 0. The molecule has 2 N–H and O–H groups in total. The maximum atomic E-state index is 4.98. The summed E-state index contributed by atoms with van der Waals surface area (Å²) >= 11 is 1.34. The van der Waals surface area contributed by atoms with Crippen molar-refractivity contribution in [3.05, 3.63) is 18.0 Å². The number of aromatic amines is 1. The molecule has 0 fully saturated rings. The molecular formula is C9H14N6OS. The van der Waals surface area contributed by atoms with E-state index >= 15 is 0 Å². The first kappa shape index (κ1) is 11.9. The van der Waals surface area contributed by atoms with Crippen LogP contribution in [0.15, 0.2) is 6.33 Å². The van der Waals surface area contributed by atoms with Gasteiger partial charge in [0.15, 0.2) is 0 Å². The Bertz CT molecular complexity index is 442. The molecule has 8 heteroatoms. The van der Waals surface area contributed by atoms with Gasteiger partial charge in [-0.15, -0.1) is 0 Å². The molecule has 2 heterocycles. The Labute approximate surface area is 103 Å². The van der Waals surface area contributed by atoms with Crippen LogP contribution < -0.4 is 5.32 Å². The maximum Gasteiger partial charge on any atom is 0.203 e. The van der Waals surface area contributed by atoms with Gasteiger partial charge in [-0.1, -0.05) is 0 Å². The van der Waals surface area contributed by atoms with Crippen molar-refractivity contribution in [2.75, 3.05) is 19.0 Å². The van der Waals surface area contributed by atoms with Gasteiger partial charge in [0.1, 0.15) is 18.0 Å². The van der Waals surface area contributed by atoms with E-state index in [1.807, 2.05) is 6.92 Å². The Kier molecular flexibility index (Phi) is 3.99. The molecule has 0 amide bonds. The van der Waals surface area contributed by atoms with E-state index in [2.05, 4.69) is 29.9 Å². The van der Waals surface area contributed by atoms with Crippen molar-refractivity contribution in [1.29, 1.82) is 0 Å². The van der Waals surface area contributed by atoms with Crippen LogP contribution in [0.5, 0.6) is 0 Å². The van der Waals surface area contributed by atoms with Crippen LogP contribution in [0.4, 0.5) is 5.13 Å². The Balaban J connectivity index is 1.92. The molecule has 0 saturated heterocycles. The van der Waals surface area contributed by atoms with Crippen molar-refractivity contribution < 1.29 is 4.74 Å². The van der Waals surface area contributed by atoms with Crippen molar-refractivity contribution in [1.82, 2.24) is 24.5 Å². The summed E-state index contributed by atoms with van der Waals surface area (Å²) in [6, 6.07) is 0.0284. The fraction of sp³-hybridized carbons (Fsp3) is 0.556. The van der Waals surface area contributed by atoms with Crippen LogP contribution >= 0.6 is 11.5 Å². The molecule has 0 aliphatic heterocycles. The van der Waals surface area contributed by atoms with Crippen LogP contribution in [0.1, 0.15) is 24.6 Å². The normalized spacial score (nSPS) is 12.6. The molecule has 2 aromatic heterocycles. The van der Waals surface area contributed by atoms with Crippen molar-refractivity contribution in [2.24, 2.45) is 0 Å². The van der Waals surface area contributed by atoms with Gasteiger partial charge in [-0.3, -0.25) is 5.10 Å². The third kappa shape index (κ3) is 3.21. The molecule has 0 aromatic carbocycles. The van der Waals surface area contributed by atoms with E-state index in [1.54, 1.807) is 7.11 Å². The minimum atomic E-state index is 0.0284. The minimum absolute atomic E-state index is 0.0284. The molecule has 1 atom stereocenters. The molecule has 17 heavy (non-hydrogen) atoms. The second-order valence-corrected chi connectivity index (χ2v) is 4.25. The van der Waals surface area contributed by atoms with Gasteiger partial charge >= 0.3 is 0 Å². The van der Waals surface area contributed by atoms with Gasteiger partial charge in [0, 0.05) is 25.1 Å². The second-order valence-electron chi connectivity index (χ2n) is 3.50. The van der Waals surface area contributed by atoms with Crippen molar-refractivity contribution in [3.8, 4) is 0 Å². The molecular weight excluding hydrogens is 240 g/mol. The summed E-state index contributed by atoms with van der Waals surface area (Å²) < 4.78 is 9.21. The summed E-state index contributed by atoms with van der Waals surface area (Å²) in [5, 5.41) is 10.6. The number of hydrogen-bond acceptors (Lipinski definition) is 7. The third-order valence-electron chi connectivity index (χ3n) is 2.18. The maximum absolute atomic E-state index is 4.98. The molecule has 7 nitrogen and oxygen atoms in total. The largest absolute Gasteiger partial charge is 0.384 e. The van der Waals surface area contributed by atoms with Crippen molar-refractivity contribution in [2.45, 2.75) is 19.4 Å². The fourth-order valence-electron chi connectivity index (χ4n) is 1.28. The number of rotatable bonds is 6. The number of ether oxygens (including phenoxy) is 1. The zero-order valence-electron chi connectivity index (χ0n) is 9.67. The van der Waals surface area contributed by atoms with Crippen molar-refractivity contribution >= 4 is 16.7 Å². The van der Waals surface area contributed by atoms with Crippen LogP contribution in [0.2, 0.25) is 0 Å². The van der Waals surface area contributed by atoms with Crippen LogP contribution in [-0.4, -0.2) is 38.3 Å². The quantitative estimate of drug-likeness (QED) is 0.800. The van der Waals surface area contributed by atoms with Crippen LogP contribution in [0, 0.1) is 0 Å². The van der Waals surface area contributed by atoms with E-state index in [9.17, 15) is 0 Å². The van der Waals surface area contributed by atoms with Crippen LogP contribution in [-0.2, 0) is 11.2 Å². The van der Waals surface area contributed by atoms with E-state index in [4.69, 9.17) is 4.74 Å². The van der Waals surface area contributed by atoms with E-state index in [1.165, 1.54) is 17.9 Å². The van der Waals surface area contributed by atoms with E-state index in [0.717, 1.165) is 23.2 Å². The van der Waals surface area contributed by atoms with Gasteiger partial charge < -0.3 is 10.1 Å². The van der Waals surface area contributed by atoms with Crippen LogP contribution in [0.25, 0.3) is 0 Å².